The van der Waals surface area contributed by atoms with E-state index < -0.39 is 0 Å². The van der Waals surface area contributed by atoms with Crippen molar-refractivity contribution in [1.29, 1.82) is 0 Å². The number of hydrogen-bond donors (Lipinski definition) is 1. The van der Waals surface area contributed by atoms with Crippen LogP contribution in [-0.2, 0) is 6.54 Å². The molecule has 0 saturated carbocycles. The Balaban J connectivity index is 2.05. The van der Waals surface area contributed by atoms with Gasteiger partial charge in [0, 0.05) is 23.7 Å². The highest BCUT2D eigenvalue weighted by atomic mass is 19.1. The van der Waals surface area contributed by atoms with Crippen molar-refractivity contribution in [1.82, 2.24) is 4.98 Å². The Morgan fingerprint density at radius 3 is 2.75 bits per heavy atom. The first-order valence-electron chi connectivity index (χ1n) is 6.28. The highest BCUT2D eigenvalue weighted by molar-refractivity contribution is 5.84. The van der Waals surface area contributed by atoms with Gasteiger partial charge in [-0.25, -0.2) is 4.39 Å². The maximum atomic E-state index is 13.2. The van der Waals surface area contributed by atoms with E-state index in [1.807, 2.05) is 30.3 Å². The van der Waals surface area contributed by atoms with Crippen LogP contribution in [0.5, 0.6) is 11.5 Å². The van der Waals surface area contributed by atoms with E-state index >= 15 is 0 Å². The minimum Gasteiger partial charge on any atom is -0.455 e. The van der Waals surface area contributed by atoms with Crippen molar-refractivity contribution in [3.63, 3.8) is 0 Å². The standard InChI is InChI=1S/C16H13FN2O/c17-13-6-7-14(12(9-13)10-18)20-15-5-1-3-11-4-2-8-19-16(11)15/h1-9H,10,18H2. The molecule has 0 fully saturated rings. The minimum atomic E-state index is -0.325. The fourth-order valence-electron chi connectivity index (χ4n) is 2.08. The summed E-state index contributed by atoms with van der Waals surface area (Å²) < 4.78 is 19.1. The average molecular weight is 268 g/mol. The molecule has 0 aliphatic rings. The molecule has 3 nitrogen and oxygen atoms in total. The maximum Gasteiger partial charge on any atom is 0.153 e. The molecule has 2 N–H and O–H groups in total. The van der Waals surface area contributed by atoms with Crippen LogP contribution in [0.15, 0.2) is 54.7 Å². The Morgan fingerprint density at radius 1 is 1.05 bits per heavy atom. The van der Waals surface area contributed by atoms with Gasteiger partial charge in [0.15, 0.2) is 5.75 Å². The lowest BCUT2D eigenvalue weighted by Gasteiger charge is -2.11. The molecule has 1 heterocycles. The van der Waals surface area contributed by atoms with Crippen LogP contribution < -0.4 is 10.5 Å². The fraction of sp³-hybridized carbons (Fsp3) is 0.0625. The molecule has 0 saturated heterocycles. The van der Waals surface area contributed by atoms with Crippen LogP contribution in [-0.4, -0.2) is 4.98 Å². The number of halogens is 1. The number of nitrogens with zero attached hydrogens (tertiary/aromatic N) is 1. The van der Waals surface area contributed by atoms with Gasteiger partial charge in [-0.2, -0.15) is 0 Å². The Morgan fingerprint density at radius 2 is 1.90 bits per heavy atom. The van der Waals surface area contributed by atoms with Crippen LogP contribution in [0.1, 0.15) is 5.56 Å². The third-order valence-corrected chi connectivity index (χ3v) is 3.06. The predicted octanol–water partition coefficient (Wildman–Crippen LogP) is 3.62. The van der Waals surface area contributed by atoms with Crippen LogP contribution in [0, 0.1) is 5.82 Å². The van der Waals surface area contributed by atoms with Crippen molar-refractivity contribution in [3.8, 4) is 11.5 Å². The van der Waals surface area contributed by atoms with Crippen LogP contribution in [0.2, 0.25) is 0 Å². The predicted molar refractivity (Wildman–Crippen MR) is 76.1 cm³/mol. The van der Waals surface area contributed by atoms with E-state index in [4.69, 9.17) is 10.5 Å². The number of para-hydroxylation sites is 1. The lowest BCUT2D eigenvalue weighted by molar-refractivity contribution is 0.478. The number of rotatable bonds is 3. The third-order valence-electron chi connectivity index (χ3n) is 3.06. The molecule has 3 aromatic rings. The second-order valence-electron chi connectivity index (χ2n) is 4.39. The zero-order chi connectivity index (χ0) is 13.9. The third kappa shape index (κ3) is 2.33. The van der Waals surface area contributed by atoms with E-state index in [1.165, 1.54) is 12.1 Å². The van der Waals surface area contributed by atoms with Crippen LogP contribution >= 0.6 is 0 Å². The Hall–Kier alpha value is -2.46. The minimum absolute atomic E-state index is 0.214. The molecular formula is C16H13FN2O. The molecule has 0 unspecified atom stereocenters. The molecule has 0 amide bonds. The van der Waals surface area contributed by atoms with Crippen molar-refractivity contribution >= 4 is 10.9 Å². The van der Waals surface area contributed by atoms with Crippen molar-refractivity contribution < 1.29 is 9.13 Å². The number of hydrogen-bond acceptors (Lipinski definition) is 3. The summed E-state index contributed by atoms with van der Waals surface area (Å²) in [4.78, 5) is 4.32. The normalized spacial score (nSPS) is 10.7. The van der Waals surface area contributed by atoms with Crippen molar-refractivity contribution in [2.75, 3.05) is 0 Å². The summed E-state index contributed by atoms with van der Waals surface area (Å²) >= 11 is 0. The quantitative estimate of drug-likeness (QED) is 0.789. The number of aromatic nitrogens is 1. The highest BCUT2D eigenvalue weighted by Gasteiger charge is 2.08. The first-order chi connectivity index (χ1) is 9.78. The second-order valence-corrected chi connectivity index (χ2v) is 4.39. The molecule has 2 aromatic carbocycles. The summed E-state index contributed by atoms with van der Waals surface area (Å²) in [6.45, 7) is 0.214. The maximum absolute atomic E-state index is 13.2. The average Bonchev–Trinajstić information content (AvgIpc) is 2.49. The van der Waals surface area contributed by atoms with Crippen molar-refractivity contribution in [2.24, 2.45) is 5.73 Å². The van der Waals surface area contributed by atoms with E-state index in [-0.39, 0.29) is 12.4 Å². The molecule has 0 bridgehead atoms. The molecule has 4 heteroatoms. The first-order valence-corrected chi connectivity index (χ1v) is 6.28. The molecule has 0 atom stereocenters. The molecule has 20 heavy (non-hydrogen) atoms. The van der Waals surface area contributed by atoms with Gasteiger partial charge in [0.2, 0.25) is 0 Å². The van der Waals surface area contributed by atoms with Crippen LogP contribution in [0.25, 0.3) is 10.9 Å². The highest BCUT2D eigenvalue weighted by Crippen LogP contribution is 2.30. The van der Waals surface area contributed by atoms with Gasteiger partial charge in [-0.05, 0) is 30.3 Å². The van der Waals surface area contributed by atoms with E-state index in [1.54, 1.807) is 12.3 Å². The zero-order valence-electron chi connectivity index (χ0n) is 10.7. The number of ether oxygens (including phenoxy) is 1. The molecule has 0 aliphatic heterocycles. The van der Waals surface area contributed by atoms with Gasteiger partial charge in [-0.3, -0.25) is 4.98 Å². The molecular weight excluding hydrogens is 255 g/mol. The zero-order valence-corrected chi connectivity index (χ0v) is 10.7. The topological polar surface area (TPSA) is 48.1 Å². The van der Waals surface area contributed by atoms with Gasteiger partial charge in [-0.15, -0.1) is 0 Å². The summed E-state index contributed by atoms with van der Waals surface area (Å²) in [5.41, 5.74) is 7.01. The Kier molecular flexibility index (Phi) is 3.31. The number of nitrogens with two attached hydrogens (primary N) is 1. The number of pyridine rings is 1. The molecule has 0 aliphatic carbocycles. The first kappa shape index (κ1) is 12.6. The van der Waals surface area contributed by atoms with Crippen molar-refractivity contribution in [2.45, 2.75) is 6.54 Å². The van der Waals surface area contributed by atoms with E-state index in [0.717, 1.165) is 10.9 Å². The summed E-state index contributed by atoms with van der Waals surface area (Å²) in [6, 6.07) is 13.8. The van der Waals surface area contributed by atoms with Gasteiger partial charge >= 0.3 is 0 Å². The molecule has 0 spiro atoms. The van der Waals surface area contributed by atoms with Gasteiger partial charge in [-0.1, -0.05) is 18.2 Å². The van der Waals surface area contributed by atoms with Gasteiger partial charge in [0.05, 0.1) is 0 Å². The van der Waals surface area contributed by atoms with Crippen LogP contribution in [0.3, 0.4) is 0 Å². The monoisotopic (exact) mass is 268 g/mol. The smallest absolute Gasteiger partial charge is 0.153 e. The van der Waals surface area contributed by atoms with Gasteiger partial charge in [0.1, 0.15) is 17.1 Å². The van der Waals surface area contributed by atoms with Gasteiger partial charge < -0.3 is 10.5 Å². The summed E-state index contributed by atoms with van der Waals surface area (Å²) in [5.74, 6) is 0.852. The van der Waals surface area contributed by atoms with E-state index in [0.29, 0.717) is 17.1 Å². The molecule has 100 valence electrons. The Labute approximate surface area is 115 Å². The lowest BCUT2D eigenvalue weighted by Crippen LogP contribution is -2.00. The van der Waals surface area contributed by atoms with Crippen LogP contribution in [0.4, 0.5) is 4.39 Å². The fourth-order valence-corrected chi connectivity index (χ4v) is 2.08. The number of fused-ring (bicyclic) bond motifs is 1. The second kappa shape index (κ2) is 5.27. The largest absolute Gasteiger partial charge is 0.455 e. The number of benzene rings is 2. The van der Waals surface area contributed by atoms with Gasteiger partial charge in [0.25, 0.3) is 0 Å². The summed E-state index contributed by atoms with van der Waals surface area (Å²) in [6.07, 6.45) is 1.71. The Bertz CT molecular complexity index is 753. The summed E-state index contributed by atoms with van der Waals surface area (Å²) in [5, 5.41) is 0.987. The lowest BCUT2D eigenvalue weighted by atomic mass is 10.2. The van der Waals surface area contributed by atoms with E-state index in [9.17, 15) is 4.39 Å². The summed E-state index contributed by atoms with van der Waals surface area (Å²) in [7, 11) is 0. The molecule has 1 aromatic heterocycles. The molecule has 0 radical (unpaired) electrons. The van der Waals surface area contributed by atoms with E-state index in [2.05, 4.69) is 4.98 Å². The molecule has 3 rings (SSSR count). The van der Waals surface area contributed by atoms with Crippen molar-refractivity contribution in [3.05, 3.63) is 66.1 Å². The SMILES string of the molecule is NCc1cc(F)ccc1Oc1cccc2cccnc12.